The summed E-state index contributed by atoms with van der Waals surface area (Å²) in [7, 11) is 0. The van der Waals surface area contributed by atoms with Crippen molar-refractivity contribution in [2.45, 2.75) is 27.7 Å². The first-order chi connectivity index (χ1) is 15.8. The van der Waals surface area contributed by atoms with Crippen molar-refractivity contribution in [2.75, 3.05) is 16.8 Å². The third-order valence-corrected chi connectivity index (χ3v) is 5.85. The van der Waals surface area contributed by atoms with Crippen LogP contribution in [0.15, 0.2) is 66.4 Å². The fourth-order valence-corrected chi connectivity index (χ4v) is 4.11. The third-order valence-electron chi connectivity index (χ3n) is 5.44. The molecule has 0 aliphatic carbocycles. The van der Waals surface area contributed by atoms with Crippen LogP contribution in [0.2, 0.25) is 5.02 Å². The van der Waals surface area contributed by atoms with E-state index in [2.05, 4.69) is 5.32 Å². The highest BCUT2D eigenvalue weighted by molar-refractivity contribution is 6.46. The van der Waals surface area contributed by atoms with Gasteiger partial charge in [-0.25, -0.2) is 4.90 Å². The maximum Gasteiger partial charge on any atom is 0.282 e. The Hall–Kier alpha value is -3.57. The number of rotatable bonds is 6. The Morgan fingerprint density at radius 2 is 1.55 bits per heavy atom. The average Bonchev–Trinajstić information content (AvgIpc) is 3.00. The van der Waals surface area contributed by atoms with Gasteiger partial charge < -0.3 is 10.1 Å². The van der Waals surface area contributed by atoms with Gasteiger partial charge in [-0.3, -0.25) is 9.59 Å². The van der Waals surface area contributed by atoms with Crippen LogP contribution in [0.5, 0.6) is 5.75 Å². The largest absolute Gasteiger partial charge is 0.494 e. The minimum Gasteiger partial charge on any atom is -0.494 e. The molecule has 5 nitrogen and oxygen atoms in total. The molecule has 4 rings (SSSR count). The summed E-state index contributed by atoms with van der Waals surface area (Å²) in [5.74, 6) is -0.0925. The van der Waals surface area contributed by atoms with Crippen LogP contribution in [0, 0.1) is 20.8 Å². The van der Waals surface area contributed by atoms with Gasteiger partial charge in [-0.15, -0.1) is 0 Å². The summed E-state index contributed by atoms with van der Waals surface area (Å²) in [5.41, 5.74) is 5.19. The Bertz CT molecular complexity index is 1260. The number of aryl methyl sites for hydroxylation is 3. The van der Waals surface area contributed by atoms with Crippen molar-refractivity contribution < 1.29 is 14.3 Å². The number of carbonyl (C=O) groups is 2. The molecule has 1 N–H and O–H groups in total. The van der Waals surface area contributed by atoms with Crippen LogP contribution in [-0.2, 0) is 9.59 Å². The van der Waals surface area contributed by atoms with Crippen molar-refractivity contribution in [3.8, 4) is 5.75 Å². The van der Waals surface area contributed by atoms with E-state index >= 15 is 0 Å². The molecule has 1 aliphatic rings. The minimum absolute atomic E-state index is 0.211. The lowest BCUT2D eigenvalue weighted by Crippen LogP contribution is -2.32. The molecule has 0 aromatic heterocycles. The number of ether oxygens (including phenoxy) is 1. The molecule has 0 saturated carbocycles. The number of benzene rings is 3. The second-order valence-corrected chi connectivity index (χ2v) is 8.50. The molecule has 0 fully saturated rings. The molecule has 1 aliphatic heterocycles. The number of halogens is 1. The molecule has 6 heteroatoms. The van der Waals surface area contributed by atoms with Crippen molar-refractivity contribution in [1.29, 1.82) is 0 Å². The number of hydrogen-bond donors (Lipinski definition) is 1. The zero-order valence-corrected chi connectivity index (χ0v) is 19.8. The predicted octanol–water partition coefficient (Wildman–Crippen LogP) is 6.06. The van der Waals surface area contributed by atoms with Gasteiger partial charge >= 0.3 is 0 Å². The Morgan fingerprint density at radius 3 is 2.15 bits per heavy atom. The quantitative estimate of drug-likeness (QED) is 0.454. The van der Waals surface area contributed by atoms with E-state index in [4.69, 9.17) is 16.3 Å². The SMILES string of the molecule is CCOc1ccc(C2=C(Nc3ccc(C)c(Cl)c3)C(=O)N(c3cc(C)cc(C)c3)C2=O)cc1. The number of imide groups is 1. The van der Waals surface area contributed by atoms with Crippen molar-refractivity contribution in [3.05, 3.63) is 93.6 Å². The molecule has 0 unspecified atom stereocenters. The summed E-state index contributed by atoms with van der Waals surface area (Å²) >= 11 is 6.29. The van der Waals surface area contributed by atoms with Crippen LogP contribution in [0.1, 0.15) is 29.2 Å². The first-order valence-electron chi connectivity index (χ1n) is 10.8. The summed E-state index contributed by atoms with van der Waals surface area (Å²) in [6.07, 6.45) is 0. The van der Waals surface area contributed by atoms with E-state index in [1.54, 1.807) is 30.3 Å². The molecule has 3 aromatic carbocycles. The molecule has 3 aromatic rings. The molecule has 0 radical (unpaired) electrons. The summed E-state index contributed by atoms with van der Waals surface area (Å²) in [6, 6.07) is 18.3. The fraction of sp³-hybridized carbons (Fsp3) is 0.185. The first kappa shape index (κ1) is 22.6. The van der Waals surface area contributed by atoms with Crippen molar-refractivity contribution in [2.24, 2.45) is 0 Å². The Labute approximate surface area is 198 Å². The fourth-order valence-electron chi connectivity index (χ4n) is 3.93. The van der Waals surface area contributed by atoms with Crippen molar-refractivity contribution >= 4 is 40.4 Å². The van der Waals surface area contributed by atoms with E-state index in [0.29, 0.717) is 39.9 Å². The monoisotopic (exact) mass is 460 g/mol. The van der Waals surface area contributed by atoms with Gasteiger partial charge in [0.25, 0.3) is 11.8 Å². The topological polar surface area (TPSA) is 58.6 Å². The van der Waals surface area contributed by atoms with Crippen molar-refractivity contribution in [3.63, 3.8) is 0 Å². The number of nitrogens with one attached hydrogen (secondary N) is 1. The van der Waals surface area contributed by atoms with E-state index in [-0.39, 0.29) is 11.6 Å². The number of amides is 2. The number of nitrogens with zero attached hydrogens (tertiary/aromatic N) is 1. The van der Waals surface area contributed by atoms with Crippen LogP contribution in [0.3, 0.4) is 0 Å². The first-order valence-corrected chi connectivity index (χ1v) is 11.1. The van der Waals surface area contributed by atoms with Gasteiger partial charge in [0.2, 0.25) is 0 Å². The van der Waals surface area contributed by atoms with Gasteiger partial charge in [-0.1, -0.05) is 35.9 Å². The van der Waals surface area contributed by atoms with Crippen LogP contribution in [-0.4, -0.2) is 18.4 Å². The smallest absolute Gasteiger partial charge is 0.282 e. The molecule has 0 saturated heterocycles. The predicted molar refractivity (Wildman–Crippen MR) is 133 cm³/mol. The van der Waals surface area contributed by atoms with Gasteiger partial charge in [-0.05, 0) is 86.3 Å². The standard InChI is InChI=1S/C27H25ClN2O3/c1-5-33-22-10-7-19(8-11-22)24-25(29-20-9-6-18(4)23(28)15-20)27(32)30(26(24)31)21-13-16(2)12-17(3)14-21/h6-15,29H,5H2,1-4H3. The molecule has 0 atom stereocenters. The van der Waals surface area contributed by atoms with Gasteiger partial charge in [0, 0.05) is 10.7 Å². The number of anilines is 2. The van der Waals surface area contributed by atoms with Gasteiger partial charge in [0.05, 0.1) is 17.9 Å². The molecule has 1 heterocycles. The molecule has 0 bridgehead atoms. The lowest BCUT2D eigenvalue weighted by Gasteiger charge is -2.17. The maximum absolute atomic E-state index is 13.6. The Balaban J connectivity index is 1.81. The lowest BCUT2D eigenvalue weighted by atomic mass is 10.0. The Kier molecular flexibility index (Phi) is 6.25. The molecule has 33 heavy (non-hydrogen) atoms. The number of hydrogen-bond acceptors (Lipinski definition) is 4. The molecule has 0 spiro atoms. The summed E-state index contributed by atoms with van der Waals surface area (Å²) in [6.45, 7) is 8.24. The highest BCUT2D eigenvalue weighted by Crippen LogP contribution is 2.35. The molecular weight excluding hydrogens is 436 g/mol. The molecular formula is C27H25ClN2O3. The molecule has 168 valence electrons. The highest BCUT2D eigenvalue weighted by atomic mass is 35.5. The van der Waals surface area contributed by atoms with Crippen molar-refractivity contribution in [1.82, 2.24) is 0 Å². The second kappa shape index (κ2) is 9.12. The van der Waals surface area contributed by atoms with Gasteiger partial charge in [-0.2, -0.15) is 0 Å². The van der Waals surface area contributed by atoms with Crippen LogP contribution in [0.25, 0.3) is 5.57 Å². The van der Waals surface area contributed by atoms with Crippen LogP contribution in [0.4, 0.5) is 11.4 Å². The zero-order valence-electron chi connectivity index (χ0n) is 19.0. The summed E-state index contributed by atoms with van der Waals surface area (Å²) in [4.78, 5) is 28.4. The van der Waals surface area contributed by atoms with Crippen LogP contribution < -0.4 is 15.0 Å². The lowest BCUT2D eigenvalue weighted by molar-refractivity contribution is -0.120. The third kappa shape index (κ3) is 4.50. The van der Waals surface area contributed by atoms with Gasteiger partial charge in [0.15, 0.2) is 0 Å². The average molecular weight is 461 g/mol. The minimum atomic E-state index is -0.411. The summed E-state index contributed by atoms with van der Waals surface area (Å²) in [5, 5.41) is 3.73. The van der Waals surface area contributed by atoms with E-state index in [9.17, 15) is 9.59 Å². The summed E-state index contributed by atoms with van der Waals surface area (Å²) < 4.78 is 5.53. The highest BCUT2D eigenvalue weighted by Gasteiger charge is 2.40. The number of carbonyl (C=O) groups excluding carboxylic acids is 2. The normalized spacial score (nSPS) is 13.7. The second-order valence-electron chi connectivity index (χ2n) is 8.09. The zero-order chi connectivity index (χ0) is 23.7. The Morgan fingerprint density at radius 1 is 0.879 bits per heavy atom. The van der Waals surface area contributed by atoms with E-state index in [1.807, 2.05) is 58.0 Å². The molecule has 2 amide bonds. The van der Waals surface area contributed by atoms with E-state index in [0.717, 1.165) is 16.7 Å². The van der Waals surface area contributed by atoms with Crippen LogP contribution >= 0.6 is 11.6 Å². The van der Waals surface area contributed by atoms with Gasteiger partial charge in [0.1, 0.15) is 11.4 Å². The van der Waals surface area contributed by atoms with E-state index < -0.39 is 5.91 Å². The maximum atomic E-state index is 13.6. The van der Waals surface area contributed by atoms with E-state index in [1.165, 1.54) is 4.90 Å².